The highest BCUT2D eigenvalue weighted by Crippen LogP contribution is 2.19. The van der Waals surface area contributed by atoms with E-state index in [0.717, 1.165) is 6.54 Å². The van der Waals surface area contributed by atoms with E-state index in [2.05, 4.69) is 11.8 Å². The molecule has 0 amide bonds. The Morgan fingerprint density at radius 2 is 2.25 bits per heavy atom. The van der Waals surface area contributed by atoms with Crippen molar-refractivity contribution >= 4 is 5.78 Å². The van der Waals surface area contributed by atoms with Crippen LogP contribution in [0.3, 0.4) is 0 Å². The average molecular weight is 171 g/mol. The van der Waals surface area contributed by atoms with E-state index in [1.807, 2.05) is 6.92 Å². The number of piperidine rings is 1. The first-order valence-electron chi connectivity index (χ1n) is 4.54. The number of aliphatic hydroxyl groups excluding tert-OH is 1. The van der Waals surface area contributed by atoms with E-state index in [9.17, 15) is 4.79 Å². The van der Waals surface area contributed by atoms with Crippen molar-refractivity contribution in [1.82, 2.24) is 4.90 Å². The molecule has 3 heteroatoms. The van der Waals surface area contributed by atoms with Crippen LogP contribution in [0.25, 0.3) is 0 Å². The van der Waals surface area contributed by atoms with Crippen molar-refractivity contribution in [3.8, 4) is 0 Å². The van der Waals surface area contributed by atoms with Crippen LogP contribution >= 0.6 is 0 Å². The molecule has 1 rings (SSSR count). The minimum absolute atomic E-state index is 0.130. The first-order valence-corrected chi connectivity index (χ1v) is 4.54. The lowest BCUT2D eigenvalue weighted by molar-refractivity contribution is -0.128. The molecular weight excluding hydrogens is 154 g/mol. The quantitative estimate of drug-likeness (QED) is 0.648. The normalized spacial score (nSPS) is 32.4. The van der Waals surface area contributed by atoms with Crippen molar-refractivity contribution in [1.29, 1.82) is 0 Å². The Balaban J connectivity index is 2.52. The molecular formula is C9H17NO2. The van der Waals surface area contributed by atoms with Gasteiger partial charge in [0.1, 0.15) is 5.78 Å². The van der Waals surface area contributed by atoms with E-state index in [4.69, 9.17) is 5.11 Å². The van der Waals surface area contributed by atoms with Gasteiger partial charge in [-0.1, -0.05) is 6.92 Å². The summed E-state index contributed by atoms with van der Waals surface area (Å²) in [6.45, 7) is 5.71. The summed E-state index contributed by atoms with van der Waals surface area (Å²) in [5, 5.41) is 8.76. The molecule has 70 valence electrons. The van der Waals surface area contributed by atoms with Crippen LogP contribution in [0.5, 0.6) is 0 Å². The molecule has 12 heavy (non-hydrogen) atoms. The van der Waals surface area contributed by atoms with E-state index in [-0.39, 0.29) is 12.5 Å². The van der Waals surface area contributed by atoms with Gasteiger partial charge in [-0.05, 0) is 6.92 Å². The molecule has 1 aliphatic heterocycles. The highest BCUT2D eigenvalue weighted by molar-refractivity contribution is 5.82. The molecule has 0 radical (unpaired) electrons. The molecule has 3 nitrogen and oxygen atoms in total. The Morgan fingerprint density at radius 3 is 2.83 bits per heavy atom. The molecule has 0 unspecified atom stereocenters. The number of likely N-dealkylation sites (tertiary alicyclic amines) is 1. The van der Waals surface area contributed by atoms with Gasteiger partial charge in [0.2, 0.25) is 0 Å². The molecule has 1 aliphatic rings. The standard InChI is InChI=1S/C9H17NO2/c1-7-8(2)10(5-6-11)4-3-9(7)12/h7-8,11H,3-6H2,1-2H3/t7-,8-/m1/s1. The number of Topliss-reactive ketones (excluding diaryl/α,β-unsaturated/α-hetero) is 1. The molecule has 0 aliphatic carbocycles. The summed E-state index contributed by atoms with van der Waals surface area (Å²) in [5.41, 5.74) is 0. The third-order valence-corrected chi connectivity index (χ3v) is 2.84. The average Bonchev–Trinajstić information content (AvgIpc) is 2.07. The van der Waals surface area contributed by atoms with E-state index in [0.29, 0.717) is 24.8 Å². The molecule has 0 bridgehead atoms. The van der Waals surface area contributed by atoms with Gasteiger partial charge in [0.25, 0.3) is 0 Å². The second kappa shape index (κ2) is 4.01. The van der Waals surface area contributed by atoms with Crippen LogP contribution in [0, 0.1) is 5.92 Å². The first kappa shape index (κ1) is 9.68. The fourth-order valence-electron chi connectivity index (χ4n) is 1.71. The van der Waals surface area contributed by atoms with Crippen LogP contribution in [-0.2, 0) is 4.79 Å². The fraction of sp³-hybridized carbons (Fsp3) is 0.889. The van der Waals surface area contributed by atoms with E-state index >= 15 is 0 Å². The fourth-order valence-corrected chi connectivity index (χ4v) is 1.71. The smallest absolute Gasteiger partial charge is 0.138 e. The van der Waals surface area contributed by atoms with Gasteiger partial charge in [0, 0.05) is 31.5 Å². The number of ketones is 1. The molecule has 1 heterocycles. The molecule has 0 aromatic heterocycles. The van der Waals surface area contributed by atoms with Gasteiger partial charge in [-0.25, -0.2) is 0 Å². The van der Waals surface area contributed by atoms with E-state index < -0.39 is 0 Å². The lowest BCUT2D eigenvalue weighted by atomic mass is 9.91. The Morgan fingerprint density at radius 1 is 1.58 bits per heavy atom. The largest absolute Gasteiger partial charge is 0.395 e. The monoisotopic (exact) mass is 171 g/mol. The third kappa shape index (κ3) is 1.84. The maximum absolute atomic E-state index is 11.3. The maximum Gasteiger partial charge on any atom is 0.138 e. The maximum atomic E-state index is 11.3. The molecule has 0 aromatic carbocycles. The van der Waals surface area contributed by atoms with Gasteiger partial charge in [0.05, 0.1) is 6.61 Å². The minimum atomic E-state index is 0.130. The number of carbonyl (C=O) groups is 1. The molecule has 0 spiro atoms. The lowest BCUT2D eigenvalue weighted by Crippen LogP contribution is -2.47. The predicted molar refractivity (Wildman–Crippen MR) is 46.9 cm³/mol. The van der Waals surface area contributed by atoms with Crippen LogP contribution in [0.1, 0.15) is 20.3 Å². The lowest BCUT2D eigenvalue weighted by Gasteiger charge is -2.36. The van der Waals surface area contributed by atoms with Gasteiger partial charge in [-0.15, -0.1) is 0 Å². The van der Waals surface area contributed by atoms with Crippen LogP contribution in [0.4, 0.5) is 0 Å². The van der Waals surface area contributed by atoms with Crippen molar-refractivity contribution in [2.75, 3.05) is 19.7 Å². The van der Waals surface area contributed by atoms with Crippen LogP contribution in [-0.4, -0.2) is 41.5 Å². The summed E-state index contributed by atoms with van der Waals surface area (Å²) in [7, 11) is 0. The molecule has 1 N–H and O–H groups in total. The summed E-state index contributed by atoms with van der Waals surface area (Å²) >= 11 is 0. The Kier molecular flexibility index (Phi) is 3.23. The number of nitrogens with zero attached hydrogens (tertiary/aromatic N) is 1. The third-order valence-electron chi connectivity index (χ3n) is 2.84. The molecule has 0 saturated carbocycles. The second-order valence-electron chi connectivity index (χ2n) is 3.51. The van der Waals surface area contributed by atoms with Crippen molar-refractivity contribution < 1.29 is 9.90 Å². The van der Waals surface area contributed by atoms with E-state index in [1.54, 1.807) is 0 Å². The van der Waals surface area contributed by atoms with Gasteiger partial charge >= 0.3 is 0 Å². The first-order chi connectivity index (χ1) is 5.66. The summed E-state index contributed by atoms with van der Waals surface area (Å²) in [4.78, 5) is 13.4. The minimum Gasteiger partial charge on any atom is -0.395 e. The SMILES string of the molecule is C[C@@H]1[C@@H](C)C(=O)CCN1CCO. The van der Waals surface area contributed by atoms with Crippen LogP contribution in [0.15, 0.2) is 0 Å². The predicted octanol–water partition coefficient (Wildman–Crippen LogP) is 0.278. The number of hydrogen-bond donors (Lipinski definition) is 1. The Bertz CT molecular complexity index is 170. The van der Waals surface area contributed by atoms with Gasteiger partial charge < -0.3 is 5.11 Å². The highest BCUT2D eigenvalue weighted by Gasteiger charge is 2.29. The summed E-state index contributed by atoms with van der Waals surface area (Å²) < 4.78 is 0. The topological polar surface area (TPSA) is 40.5 Å². The van der Waals surface area contributed by atoms with Gasteiger partial charge in [-0.3, -0.25) is 9.69 Å². The zero-order valence-corrected chi connectivity index (χ0v) is 7.79. The van der Waals surface area contributed by atoms with Crippen molar-refractivity contribution in [2.24, 2.45) is 5.92 Å². The van der Waals surface area contributed by atoms with Gasteiger partial charge in [-0.2, -0.15) is 0 Å². The van der Waals surface area contributed by atoms with E-state index in [1.165, 1.54) is 0 Å². The van der Waals surface area contributed by atoms with Crippen molar-refractivity contribution in [3.63, 3.8) is 0 Å². The number of aliphatic hydroxyl groups is 1. The number of β-amino-alcohol motifs (C(OH)–C–C–N with tert-alkyl or cyclic N) is 1. The summed E-state index contributed by atoms with van der Waals surface area (Å²) in [6.07, 6.45) is 0.644. The summed E-state index contributed by atoms with van der Waals surface area (Å²) in [5.74, 6) is 0.488. The molecule has 0 aromatic rings. The second-order valence-corrected chi connectivity index (χ2v) is 3.51. The van der Waals surface area contributed by atoms with Crippen LogP contribution in [0.2, 0.25) is 0 Å². The van der Waals surface area contributed by atoms with Crippen molar-refractivity contribution in [3.05, 3.63) is 0 Å². The Labute approximate surface area is 73.4 Å². The molecule has 2 atom stereocenters. The Hall–Kier alpha value is -0.410. The number of rotatable bonds is 2. The zero-order chi connectivity index (χ0) is 9.14. The zero-order valence-electron chi connectivity index (χ0n) is 7.79. The molecule has 1 fully saturated rings. The number of carbonyl (C=O) groups excluding carboxylic acids is 1. The van der Waals surface area contributed by atoms with Crippen molar-refractivity contribution in [2.45, 2.75) is 26.3 Å². The highest BCUT2D eigenvalue weighted by atomic mass is 16.3. The van der Waals surface area contributed by atoms with Gasteiger partial charge in [0.15, 0.2) is 0 Å². The number of hydrogen-bond acceptors (Lipinski definition) is 3. The van der Waals surface area contributed by atoms with Crippen LogP contribution < -0.4 is 0 Å². The molecule has 1 saturated heterocycles. The summed E-state index contributed by atoms with van der Waals surface area (Å²) in [6, 6.07) is 0.290.